The van der Waals surface area contributed by atoms with Gasteiger partial charge in [0.2, 0.25) is 0 Å². The van der Waals surface area contributed by atoms with E-state index >= 15 is 0 Å². The summed E-state index contributed by atoms with van der Waals surface area (Å²) in [5.41, 5.74) is 6.61. The van der Waals surface area contributed by atoms with Gasteiger partial charge in [0.25, 0.3) is 0 Å². The smallest absolute Gasteiger partial charge is 0.0464 e. The fourth-order valence-electron chi connectivity index (χ4n) is 2.35. The van der Waals surface area contributed by atoms with Crippen molar-refractivity contribution < 1.29 is 0 Å². The average molecular weight is 248 g/mol. The van der Waals surface area contributed by atoms with E-state index in [1.165, 1.54) is 10.9 Å². The largest absolute Gasteiger partial charge is 0.355 e. The Morgan fingerprint density at radius 1 is 1.16 bits per heavy atom. The molecule has 0 aliphatic rings. The zero-order chi connectivity index (χ0) is 13.4. The molecular formula is C17H16N2. The van der Waals surface area contributed by atoms with Crippen LogP contribution < -0.4 is 0 Å². The molecule has 2 heterocycles. The fraction of sp³-hybridized carbons (Fsp3) is 0.118. The third kappa shape index (κ3) is 1.95. The first-order chi connectivity index (χ1) is 9.16. The highest BCUT2D eigenvalue weighted by molar-refractivity contribution is 5.88. The molecule has 0 aliphatic heterocycles. The number of aromatic amines is 1. The Kier molecular flexibility index (Phi) is 2.71. The maximum Gasteiger partial charge on any atom is 0.0464 e. The fourth-order valence-corrected chi connectivity index (χ4v) is 2.35. The molecule has 19 heavy (non-hydrogen) atoms. The molecule has 3 aromatic rings. The number of aromatic nitrogens is 2. The van der Waals surface area contributed by atoms with Crippen LogP contribution in [0.4, 0.5) is 0 Å². The Morgan fingerprint density at radius 3 is 2.74 bits per heavy atom. The quantitative estimate of drug-likeness (QED) is 0.722. The van der Waals surface area contributed by atoms with Crippen LogP contribution in [-0.4, -0.2) is 9.97 Å². The maximum atomic E-state index is 4.31. The molecule has 3 rings (SSSR count). The number of H-pyrrole nitrogens is 1. The van der Waals surface area contributed by atoms with Gasteiger partial charge in [-0.3, -0.25) is 4.98 Å². The highest BCUT2D eigenvalue weighted by Gasteiger charge is 2.09. The number of nitrogens with zero attached hydrogens (tertiary/aromatic N) is 1. The summed E-state index contributed by atoms with van der Waals surface area (Å²) >= 11 is 0. The zero-order valence-corrected chi connectivity index (χ0v) is 11.2. The summed E-state index contributed by atoms with van der Waals surface area (Å²) in [7, 11) is 0. The third-order valence-corrected chi connectivity index (χ3v) is 3.64. The van der Waals surface area contributed by atoms with E-state index in [1.54, 1.807) is 0 Å². The SMILES string of the molecule is C=C(c1cc2ccccc2[nH]1)c1ccnc(C)c1C. The molecule has 1 N–H and O–H groups in total. The molecule has 0 aliphatic carbocycles. The monoisotopic (exact) mass is 248 g/mol. The Hall–Kier alpha value is -2.35. The molecule has 94 valence electrons. The van der Waals surface area contributed by atoms with Crippen molar-refractivity contribution >= 4 is 16.5 Å². The predicted octanol–water partition coefficient (Wildman–Crippen LogP) is 4.24. The van der Waals surface area contributed by atoms with Crippen molar-refractivity contribution in [3.05, 3.63) is 71.7 Å². The van der Waals surface area contributed by atoms with E-state index in [-0.39, 0.29) is 0 Å². The second kappa shape index (κ2) is 4.39. The first kappa shape index (κ1) is 11.7. The van der Waals surface area contributed by atoms with Crippen LogP contribution in [0, 0.1) is 13.8 Å². The number of benzene rings is 1. The van der Waals surface area contributed by atoms with Crippen LogP contribution in [0.3, 0.4) is 0 Å². The van der Waals surface area contributed by atoms with Crippen molar-refractivity contribution in [3.8, 4) is 0 Å². The summed E-state index contributed by atoms with van der Waals surface area (Å²) in [6.45, 7) is 8.35. The van der Waals surface area contributed by atoms with Crippen LogP contribution >= 0.6 is 0 Å². The lowest BCUT2D eigenvalue weighted by Crippen LogP contribution is -1.95. The highest BCUT2D eigenvalue weighted by Crippen LogP contribution is 2.27. The van der Waals surface area contributed by atoms with Gasteiger partial charge in [-0.1, -0.05) is 24.8 Å². The Balaban J connectivity index is 2.11. The van der Waals surface area contributed by atoms with Gasteiger partial charge in [-0.25, -0.2) is 0 Å². The highest BCUT2D eigenvalue weighted by atomic mass is 14.7. The van der Waals surface area contributed by atoms with Crippen LogP contribution in [0.5, 0.6) is 0 Å². The average Bonchev–Trinajstić information content (AvgIpc) is 2.85. The second-order valence-corrected chi connectivity index (χ2v) is 4.82. The summed E-state index contributed by atoms with van der Waals surface area (Å²) in [5.74, 6) is 0. The van der Waals surface area contributed by atoms with Crippen LogP contribution in [0.25, 0.3) is 16.5 Å². The lowest BCUT2D eigenvalue weighted by molar-refractivity contribution is 1.14. The first-order valence-electron chi connectivity index (χ1n) is 6.36. The van der Waals surface area contributed by atoms with E-state index in [1.807, 2.05) is 31.3 Å². The van der Waals surface area contributed by atoms with Crippen molar-refractivity contribution in [1.82, 2.24) is 9.97 Å². The first-order valence-corrected chi connectivity index (χ1v) is 6.36. The molecule has 0 bridgehead atoms. The van der Waals surface area contributed by atoms with Gasteiger partial charge in [-0.2, -0.15) is 0 Å². The summed E-state index contributed by atoms with van der Waals surface area (Å²) in [6.07, 6.45) is 1.84. The second-order valence-electron chi connectivity index (χ2n) is 4.82. The van der Waals surface area contributed by atoms with Crippen LogP contribution in [0.15, 0.2) is 49.2 Å². The van der Waals surface area contributed by atoms with Gasteiger partial charge in [0.1, 0.15) is 0 Å². The van der Waals surface area contributed by atoms with Gasteiger partial charge in [0.05, 0.1) is 0 Å². The van der Waals surface area contributed by atoms with Crippen LogP contribution in [-0.2, 0) is 0 Å². The number of pyridine rings is 1. The Morgan fingerprint density at radius 2 is 1.95 bits per heavy atom. The summed E-state index contributed by atoms with van der Waals surface area (Å²) in [5, 5.41) is 1.21. The van der Waals surface area contributed by atoms with Crippen molar-refractivity contribution in [2.24, 2.45) is 0 Å². The molecule has 2 heteroatoms. The Bertz CT molecular complexity index is 733. The molecule has 0 amide bonds. The maximum absolute atomic E-state index is 4.31. The van der Waals surface area contributed by atoms with E-state index in [4.69, 9.17) is 0 Å². The number of para-hydroxylation sites is 1. The molecule has 0 saturated heterocycles. The minimum absolute atomic E-state index is 1.01. The van der Waals surface area contributed by atoms with Crippen molar-refractivity contribution in [3.63, 3.8) is 0 Å². The molecule has 2 nitrogen and oxygen atoms in total. The minimum atomic E-state index is 1.01. The molecule has 0 atom stereocenters. The van der Waals surface area contributed by atoms with Gasteiger partial charge in [0.15, 0.2) is 0 Å². The van der Waals surface area contributed by atoms with Crippen molar-refractivity contribution in [2.75, 3.05) is 0 Å². The molecule has 0 unspecified atom stereocenters. The lowest BCUT2D eigenvalue weighted by atomic mass is 9.99. The van der Waals surface area contributed by atoms with Gasteiger partial charge in [-0.05, 0) is 48.7 Å². The van der Waals surface area contributed by atoms with Gasteiger partial charge < -0.3 is 4.98 Å². The van der Waals surface area contributed by atoms with Gasteiger partial charge in [0, 0.05) is 28.5 Å². The third-order valence-electron chi connectivity index (χ3n) is 3.64. The number of fused-ring (bicyclic) bond motifs is 1. The van der Waals surface area contributed by atoms with E-state index in [2.05, 4.69) is 41.7 Å². The van der Waals surface area contributed by atoms with Crippen molar-refractivity contribution in [2.45, 2.75) is 13.8 Å². The van der Waals surface area contributed by atoms with E-state index in [0.29, 0.717) is 0 Å². The van der Waals surface area contributed by atoms with E-state index in [0.717, 1.165) is 28.0 Å². The van der Waals surface area contributed by atoms with E-state index in [9.17, 15) is 0 Å². The standard InChI is InChI=1S/C17H16N2/c1-11-13(3)18-9-8-15(11)12(2)17-10-14-6-4-5-7-16(14)19-17/h4-10,19H,2H2,1,3H3. The van der Waals surface area contributed by atoms with E-state index < -0.39 is 0 Å². The van der Waals surface area contributed by atoms with Gasteiger partial charge >= 0.3 is 0 Å². The number of nitrogens with one attached hydrogen (secondary N) is 1. The molecule has 1 aromatic carbocycles. The lowest BCUT2D eigenvalue weighted by Gasteiger charge is -2.09. The molecule has 2 aromatic heterocycles. The topological polar surface area (TPSA) is 28.7 Å². The number of hydrogen-bond acceptors (Lipinski definition) is 1. The summed E-state index contributed by atoms with van der Waals surface area (Å²) < 4.78 is 0. The molecular weight excluding hydrogens is 232 g/mol. The Labute approximate surface area is 112 Å². The number of hydrogen-bond donors (Lipinski definition) is 1. The predicted molar refractivity (Wildman–Crippen MR) is 80.1 cm³/mol. The zero-order valence-electron chi connectivity index (χ0n) is 11.2. The number of aryl methyl sites for hydroxylation is 1. The minimum Gasteiger partial charge on any atom is -0.355 e. The van der Waals surface area contributed by atoms with Crippen LogP contribution in [0.2, 0.25) is 0 Å². The van der Waals surface area contributed by atoms with Crippen LogP contribution in [0.1, 0.15) is 22.5 Å². The normalized spacial score (nSPS) is 10.8. The molecule has 0 radical (unpaired) electrons. The van der Waals surface area contributed by atoms with Gasteiger partial charge in [-0.15, -0.1) is 0 Å². The van der Waals surface area contributed by atoms with Crippen molar-refractivity contribution in [1.29, 1.82) is 0 Å². The molecule has 0 fully saturated rings. The molecule has 0 saturated carbocycles. The summed E-state index contributed by atoms with van der Waals surface area (Å²) in [4.78, 5) is 7.73. The summed E-state index contributed by atoms with van der Waals surface area (Å²) in [6, 6.07) is 12.4. The number of rotatable bonds is 2. The molecule has 0 spiro atoms.